The van der Waals surface area contributed by atoms with Gasteiger partial charge in [-0.1, -0.05) is 54.6 Å². The molecule has 2 aromatic rings. The summed E-state index contributed by atoms with van der Waals surface area (Å²) < 4.78 is 11.7. The van der Waals surface area contributed by atoms with Gasteiger partial charge in [-0.3, -0.25) is 0 Å². The highest BCUT2D eigenvalue weighted by molar-refractivity contribution is 5.80. The van der Waals surface area contributed by atoms with Crippen molar-refractivity contribution in [3.63, 3.8) is 0 Å². The van der Waals surface area contributed by atoms with E-state index in [1.165, 1.54) is 16.7 Å². The topological polar surface area (TPSA) is 46.1 Å². The SMILES string of the molecule is CCNC(=NCc1ccccc1COCc1ccccc1)N1CCC(OCC)CC1. The highest BCUT2D eigenvalue weighted by atomic mass is 16.5. The van der Waals surface area contributed by atoms with Crippen LogP contribution in [0.1, 0.15) is 43.4 Å². The molecule has 0 spiro atoms. The van der Waals surface area contributed by atoms with Crippen molar-refractivity contribution in [1.29, 1.82) is 0 Å². The van der Waals surface area contributed by atoms with E-state index in [1.54, 1.807) is 0 Å². The predicted octanol–water partition coefficient (Wildman–Crippen LogP) is 4.37. The van der Waals surface area contributed by atoms with Crippen LogP contribution >= 0.6 is 0 Å². The summed E-state index contributed by atoms with van der Waals surface area (Å²) in [5, 5.41) is 3.46. The van der Waals surface area contributed by atoms with Gasteiger partial charge in [-0.15, -0.1) is 0 Å². The number of likely N-dealkylation sites (tertiary alicyclic amines) is 1. The first-order valence-electron chi connectivity index (χ1n) is 11.1. The number of rotatable bonds is 9. The van der Waals surface area contributed by atoms with Gasteiger partial charge in [0.1, 0.15) is 0 Å². The van der Waals surface area contributed by atoms with E-state index in [-0.39, 0.29) is 0 Å². The maximum Gasteiger partial charge on any atom is 0.194 e. The molecule has 0 aliphatic carbocycles. The third kappa shape index (κ3) is 6.85. The molecule has 3 rings (SSSR count). The van der Waals surface area contributed by atoms with Crippen molar-refractivity contribution in [3.05, 3.63) is 71.3 Å². The van der Waals surface area contributed by atoms with Crippen molar-refractivity contribution in [2.75, 3.05) is 26.2 Å². The number of hydrogen-bond donors (Lipinski definition) is 1. The monoisotopic (exact) mass is 409 g/mol. The highest BCUT2D eigenvalue weighted by Gasteiger charge is 2.21. The Kier molecular flexibility index (Phi) is 9.19. The Bertz CT molecular complexity index is 771. The van der Waals surface area contributed by atoms with Crippen LogP contribution in [0.25, 0.3) is 0 Å². The summed E-state index contributed by atoms with van der Waals surface area (Å²) in [6, 6.07) is 18.7. The highest BCUT2D eigenvalue weighted by Crippen LogP contribution is 2.16. The van der Waals surface area contributed by atoms with Crippen LogP contribution in [0.2, 0.25) is 0 Å². The van der Waals surface area contributed by atoms with Gasteiger partial charge in [-0.2, -0.15) is 0 Å². The van der Waals surface area contributed by atoms with Crippen molar-refractivity contribution >= 4 is 5.96 Å². The number of nitrogens with zero attached hydrogens (tertiary/aromatic N) is 2. The number of hydrogen-bond acceptors (Lipinski definition) is 3. The van der Waals surface area contributed by atoms with Gasteiger partial charge in [-0.25, -0.2) is 4.99 Å². The molecule has 1 aliphatic heterocycles. The molecule has 1 saturated heterocycles. The minimum Gasteiger partial charge on any atom is -0.378 e. The van der Waals surface area contributed by atoms with Crippen LogP contribution in [0.3, 0.4) is 0 Å². The number of ether oxygens (including phenoxy) is 2. The Morgan fingerprint density at radius 2 is 1.67 bits per heavy atom. The first kappa shape index (κ1) is 22.3. The second kappa shape index (κ2) is 12.4. The van der Waals surface area contributed by atoms with Gasteiger partial charge in [-0.05, 0) is 43.4 Å². The van der Waals surface area contributed by atoms with Gasteiger partial charge in [0.2, 0.25) is 0 Å². The van der Waals surface area contributed by atoms with E-state index < -0.39 is 0 Å². The number of piperidine rings is 1. The summed E-state index contributed by atoms with van der Waals surface area (Å²) in [4.78, 5) is 7.30. The Labute approximate surface area is 181 Å². The fourth-order valence-electron chi connectivity index (χ4n) is 3.76. The molecule has 2 aromatic carbocycles. The molecule has 1 fully saturated rings. The summed E-state index contributed by atoms with van der Waals surface area (Å²) >= 11 is 0. The third-order valence-corrected chi connectivity index (χ3v) is 5.37. The molecule has 162 valence electrons. The molecule has 1 heterocycles. The Balaban J connectivity index is 1.59. The van der Waals surface area contributed by atoms with Crippen molar-refractivity contribution in [2.45, 2.75) is 52.6 Å². The number of guanidine groups is 1. The van der Waals surface area contributed by atoms with E-state index in [9.17, 15) is 0 Å². The molecule has 0 unspecified atom stereocenters. The lowest BCUT2D eigenvalue weighted by Gasteiger charge is -2.34. The van der Waals surface area contributed by atoms with Crippen LogP contribution in [0.15, 0.2) is 59.6 Å². The van der Waals surface area contributed by atoms with Crippen molar-refractivity contribution in [1.82, 2.24) is 10.2 Å². The summed E-state index contributed by atoms with van der Waals surface area (Å²) in [6.07, 6.45) is 2.50. The summed E-state index contributed by atoms with van der Waals surface area (Å²) in [5.74, 6) is 0.993. The quantitative estimate of drug-likeness (QED) is 0.493. The van der Waals surface area contributed by atoms with Gasteiger partial charge < -0.3 is 19.7 Å². The van der Waals surface area contributed by atoms with Crippen LogP contribution < -0.4 is 5.32 Å². The summed E-state index contributed by atoms with van der Waals surface area (Å²) in [7, 11) is 0. The van der Waals surface area contributed by atoms with E-state index in [2.05, 4.69) is 60.5 Å². The van der Waals surface area contributed by atoms with Crippen molar-refractivity contribution in [3.8, 4) is 0 Å². The molecule has 1 N–H and O–H groups in total. The average molecular weight is 410 g/mol. The lowest BCUT2D eigenvalue weighted by molar-refractivity contribution is 0.0263. The zero-order valence-corrected chi connectivity index (χ0v) is 18.3. The Morgan fingerprint density at radius 1 is 0.967 bits per heavy atom. The molecule has 5 heteroatoms. The number of benzene rings is 2. The first-order valence-corrected chi connectivity index (χ1v) is 11.1. The molecule has 30 heavy (non-hydrogen) atoms. The van der Waals surface area contributed by atoms with E-state index in [0.717, 1.165) is 45.0 Å². The summed E-state index contributed by atoms with van der Waals surface area (Å²) in [5.41, 5.74) is 3.60. The smallest absolute Gasteiger partial charge is 0.194 e. The van der Waals surface area contributed by atoms with E-state index >= 15 is 0 Å². The largest absolute Gasteiger partial charge is 0.378 e. The van der Waals surface area contributed by atoms with Gasteiger partial charge in [0.05, 0.1) is 25.9 Å². The third-order valence-electron chi connectivity index (χ3n) is 5.37. The van der Waals surface area contributed by atoms with E-state index in [1.807, 2.05) is 18.2 Å². The molecule has 0 aromatic heterocycles. The minimum atomic E-state index is 0.386. The molecular formula is C25H35N3O2. The lowest BCUT2D eigenvalue weighted by Crippen LogP contribution is -2.47. The minimum absolute atomic E-state index is 0.386. The molecule has 1 aliphatic rings. The number of aliphatic imine (C=N–C) groups is 1. The predicted molar refractivity (Wildman–Crippen MR) is 122 cm³/mol. The lowest BCUT2D eigenvalue weighted by atomic mass is 10.1. The van der Waals surface area contributed by atoms with Crippen molar-refractivity contribution in [2.24, 2.45) is 4.99 Å². The molecule has 0 saturated carbocycles. The average Bonchev–Trinajstić information content (AvgIpc) is 2.79. The zero-order valence-electron chi connectivity index (χ0n) is 18.3. The van der Waals surface area contributed by atoms with Crippen LogP contribution in [-0.2, 0) is 29.2 Å². The van der Waals surface area contributed by atoms with E-state index in [4.69, 9.17) is 14.5 Å². The molecular weight excluding hydrogens is 374 g/mol. The Hall–Kier alpha value is -2.37. The van der Waals surface area contributed by atoms with Crippen LogP contribution in [0.5, 0.6) is 0 Å². The summed E-state index contributed by atoms with van der Waals surface area (Å²) in [6.45, 7) is 9.68. The number of nitrogens with one attached hydrogen (secondary N) is 1. The maximum absolute atomic E-state index is 5.96. The standard InChI is InChI=1S/C25H35N3O2/c1-3-26-25(28-16-14-24(15-17-28)30-4-2)27-18-22-12-8-9-13-23(22)20-29-19-21-10-6-5-7-11-21/h5-13,24H,3-4,14-20H2,1-2H3,(H,26,27). The van der Waals surface area contributed by atoms with Gasteiger partial charge in [0.25, 0.3) is 0 Å². The van der Waals surface area contributed by atoms with Crippen LogP contribution in [0.4, 0.5) is 0 Å². The van der Waals surface area contributed by atoms with Gasteiger partial charge >= 0.3 is 0 Å². The molecule has 0 amide bonds. The van der Waals surface area contributed by atoms with Gasteiger partial charge in [0.15, 0.2) is 5.96 Å². The molecule has 0 bridgehead atoms. The van der Waals surface area contributed by atoms with Crippen LogP contribution in [0, 0.1) is 0 Å². The van der Waals surface area contributed by atoms with Crippen molar-refractivity contribution < 1.29 is 9.47 Å². The molecule has 0 radical (unpaired) electrons. The zero-order chi connectivity index (χ0) is 21.0. The van der Waals surface area contributed by atoms with E-state index in [0.29, 0.717) is 25.9 Å². The Morgan fingerprint density at radius 3 is 2.37 bits per heavy atom. The molecule has 5 nitrogen and oxygen atoms in total. The maximum atomic E-state index is 5.96. The second-order valence-corrected chi connectivity index (χ2v) is 7.56. The second-order valence-electron chi connectivity index (χ2n) is 7.56. The fraction of sp³-hybridized carbons (Fsp3) is 0.480. The molecule has 0 atom stereocenters. The van der Waals surface area contributed by atoms with Crippen LogP contribution in [-0.4, -0.2) is 43.2 Å². The fourth-order valence-corrected chi connectivity index (χ4v) is 3.76. The normalized spacial score (nSPS) is 15.4. The van der Waals surface area contributed by atoms with Gasteiger partial charge in [0, 0.05) is 26.2 Å². The first-order chi connectivity index (χ1) is 14.8.